The molecule has 4 nitrogen and oxygen atoms in total. The van der Waals surface area contributed by atoms with Crippen LogP contribution >= 0.6 is 24.0 Å². The molecule has 3 rings (SSSR count). The third kappa shape index (κ3) is 4.01. The molecule has 0 bridgehead atoms. The highest BCUT2D eigenvalue weighted by Gasteiger charge is 2.39. The Kier molecular flexibility index (Phi) is 6.51. The van der Waals surface area contributed by atoms with E-state index in [0.29, 0.717) is 24.7 Å². The van der Waals surface area contributed by atoms with E-state index in [2.05, 4.69) is 0 Å². The third-order valence-electron chi connectivity index (χ3n) is 4.72. The number of hydrogen-bond donors (Lipinski definition) is 1. The fourth-order valence-electron chi connectivity index (χ4n) is 3.23. The van der Waals surface area contributed by atoms with Gasteiger partial charge in [0, 0.05) is 24.0 Å². The number of nitrogens with zero attached hydrogens (tertiary/aromatic N) is 1. The second kappa shape index (κ2) is 8.06. The van der Waals surface area contributed by atoms with E-state index in [1.807, 2.05) is 37.3 Å². The van der Waals surface area contributed by atoms with Gasteiger partial charge in [-0.1, -0.05) is 48.0 Å². The van der Waals surface area contributed by atoms with Gasteiger partial charge in [-0.2, -0.15) is 4.31 Å². The Bertz CT molecular complexity index is 828. The Morgan fingerprint density at radius 3 is 2.44 bits per heavy atom. The lowest BCUT2D eigenvalue weighted by molar-refractivity contribution is 0.459. The van der Waals surface area contributed by atoms with E-state index in [1.54, 1.807) is 12.1 Å². The Balaban J connectivity index is 0.00000225. The molecule has 0 aromatic heterocycles. The molecule has 0 saturated carbocycles. The summed E-state index contributed by atoms with van der Waals surface area (Å²) in [6, 6.07) is 14.8. The SMILES string of the molecule is Cc1ccc(S(=O)(=O)N2C[C@@H](CN)[C@H](c3ccccc3)C2)cc1Cl.Cl. The molecule has 1 aliphatic rings. The van der Waals surface area contributed by atoms with Crippen LogP contribution in [0.3, 0.4) is 0 Å². The summed E-state index contributed by atoms with van der Waals surface area (Å²) < 4.78 is 27.5. The van der Waals surface area contributed by atoms with Gasteiger partial charge >= 0.3 is 0 Å². The lowest BCUT2D eigenvalue weighted by atomic mass is 9.89. The Hall–Kier alpha value is -1.11. The van der Waals surface area contributed by atoms with Crippen molar-refractivity contribution in [3.8, 4) is 0 Å². The maximum Gasteiger partial charge on any atom is 0.243 e. The highest BCUT2D eigenvalue weighted by molar-refractivity contribution is 7.89. The van der Waals surface area contributed by atoms with Crippen LogP contribution in [0.4, 0.5) is 0 Å². The summed E-state index contributed by atoms with van der Waals surface area (Å²) in [7, 11) is -3.57. The van der Waals surface area contributed by atoms with E-state index in [4.69, 9.17) is 17.3 Å². The van der Waals surface area contributed by atoms with E-state index in [-0.39, 0.29) is 29.1 Å². The normalized spacial score (nSPS) is 21.1. The molecular weight excluding hydrogens is 379 g/mol. The first-order valence-corrected chi connectivity index (χ1v) is 9.76. The van der Waals surface area contributed by atoms with E-state index in [0.717, 1.165) is 11.1 Å². The van der Waals surface area contributed by atoms with Crippen molar-refractivity contribution >= 4 is 34.0 Å². The van der Waals surface area contributed by atoms with E-state index >= 15 is 0 Å². The van der Waals surface area contributed by atoms with Gasteiger partial charge in [0.25, 0.3) is 0 Å². The number of nitrogens with two attached hydrogens (primary N) is 1. The fraction of sp³-hybridized carbons (Fsp3) is 0.333. The molecule has 0 radical (unpaired) electrons. The lowest BCUT2D eigenvalue weighted by Gasteiger charge is -2.17. The molecule has 2 N–H and O–H groups in total. The summed E-state index contributed by atoms with van der Waals surface area (Å²) in [6.45, 7) is 3.19. The van der Waals surface area contributed by atoms with Crippen LogP contribution < -0.4 is 5.73 Å². The molecule has 25 heavy (non-hydrogen) atoms. The summed E-state index contributed by atoms with van der Waals surface area (Å²) >= 11 is 6.10. The standard InChI is InChI=1S/C18H21ClN2O2S.ClH/c1-13-7-8-16(9-18(13)19)24(22,23)21-11-15(10-20)17(12-21)14-5-3-2-4-6-14;/h2-9,15,17H,10-12,20H2,1H3;1H/t15-,17+;/m1./s1. The van der Waals surface area contributed by atoms with Crippen LogP contribution in [0.5, 0.6) is 0 Å². The van der Waals surface area contributed by atoms with Crippen LogP contribution in [0.2, 0.25) is 5.02 Å². The van der Waals surface area contributed by atoms with Gasteiger partial charge in [0.15, 0.2) is 0 Å². The van der Waals surface area contributed by atoms with Crippen molar-refractivity contribution in [1.29, 1.82) is 0 Å². The molecular formula is C18H22Cl2N2O2S. The van der Waals surface area contributed by atoms with Gasteiger partial charge in [0.05, 0.1) is 4.90 Å². The molecule has 7 heteroatoms. The van der Waals surface area contributed by atoms with Crippen LogP contribution in [0.15, 0.2) is 53.4 Å². The number of sulfonamides is 1. The van der Waals surface area contributed by atoms with E-state index in [9.17, 15) is 8.42 Å². The van der Waals surface area contributed by atoms with Crippen molar-refractivity contribution in [2.24, 2.45) is 11.7 Å². The predicted molar refractivity (Wildman–Crippen MR) is 104 cm³/mol. The summed E-state index contributed by atoms with van der Waals surface area (Å²) in [5.74, 6) is 0.231. The number of hydrogen-bond acceptors (Lipinski definition) is 3. The van der Waals surface area contributed by atoms with Crippen LogP contribution in [0.1, 0.15) is 17.0 Å². The lowest BCUT2D eigenvalue weighted by Crippen LogP contribution is -2.30. The van der Waals surface area contributed by atoms with Crippen molar-refractivity contribution < 1.29 is 8.42 Å². The average Bonchev–Trinajstić information content (AvgIpc) is 3.03. The number of halogens is 2. The molecule has 0 unspecified atom stereocenters. The Morgan fingerprint density at radius 1 is 1.16 bits per heavy atom. The first kappa shape index (κ1) is 20.2. The van der Waals surface area contributed by atoms with E-state index < -0.39 is 10.0 Å². The number of rotatable bonds is 4. The van der Waals surface area contributed by atoms with Crippen LogP contribution in [0, 0.1) is 12.8 Å². The molecule has 2 atom stereocenters. The molecule has 0 amide bonds. The van der Waals surface area contributed by atoms with Crippen molar-refractivity contribution in [3.63, 3.8) is 0 Å². The van der Waals surface area contributed by atoms with Gasteiger partial charge in [-0.05, 0) is 42.6 Å². The zero-order valence-corrected chi connectivity index (χ0v) is 16.3. The molecule has 1 aliphatic heterocycles. The molecule has 2 aromatic carbocycles. The van der Waals surface area contributed by atoms with Gasteiger partial charge in [-0.15, -0.1) is 12.4 Å². The minimum atomic E-state index is -3.57. The van der Waals surface area contributed by atoms with Crippen molar-refractivity contribution in [2.75, 3.05) is 19.6 Å². The molecule has 2 aromatic rings. The monoisotopic (exact) mass is 400 g/mol. The zero-order chi connectivity index (χ0) is 17.3. The maximum absolute atomic E-state index is 13.0. The minimum absolute atomic E-state index is 0. The molecule has 1 saturated heterocycles. The molecule has 136 valence electrons. The van der Waals surface area contributed by atoms with Gasteiger partial charge < -0.3 is 5.73 Å². The second-order valence-corrected chi connectivity index (χ2v) is 8.59. The van der Waals surface area contributed by atoms with Gasteiger partial charge in [0.2, 0.25) is 10.0 Å². The second-order valence-electron chi connectivity index (χ2n) is 6.25. The van der Waals surface area contributed by atoms with Crippen LogP contribution in [0.25, 0.3) is 0 Å². The number of benzene rings is 2. The largest absolute Gasteiger partial charge is 0.330 e. The van der Waals surface area contributed by atoms with Crippen molar-refractivity contribution in [1.82, 2.24) is 4.31 Å². The number of aryl methyl sites for hydroxylation is 1. The Labute approximate surface area is 160 Å². The predicted octanol–water partition coefficient (Wildman–Crippen LogP) is 3.43. The smallest absolute Gasteiger partial charge is 0.243 e. The molecule has 1 heterocycles. The first-order chi connectivity index (χ1) is 11.4. The van der Waals surface area contributed by atoms with Gasteiger partial charge in [0.1, 0.15) is 0 Å². The average molecular weight is 401 g/mol. The van der Waals surface area contributed by atoms with Gasteiger partial charge in [-0.25, -0.2) is 8.42 Å². The fourth-order valence-corrected chi connectivity index (χ4v) is 5.02. The molecule has 0 aliphatic carbocycles. The Morgan fingerprint density at radius 2 is 1.84 bits per heavy atom. The van der Waals surface area contributed by atoms with Crippen molar-refractivity contribution in [2.45, 2.75) is 17.7 Å². The van der Waals surface area contributed by atoms with Crippen molar-refractivity contribution in [3.05, 3.63) is 64.7 Å². The third-order valence-corrected chi connectivity index (χ3v) is 6.95. The van der Waals surface area contributed by atoms with Crippen LogP contribution in [-0.4, -0.2) is 32.4 Å². The molecule has 1 fully saturated rings. The summed E-state index contributed by atoms with van der Waals surface area (Å²) in [4.78, 5) is 0.239. The molecule has 0 spiro atoms. The highest BCUT2D eigenvalue weighted by atomic mass is 35.5. The van der Waals surface area contributed by atoms with Crippen LogP contribution in [-0.2, 0) is 10.0 Å². The first-order valence-electron chi connectivity index (χ1n) is 7.95. The maximum atomic E-state index is 13.0. The van der Waals surface area contributed by atoms with E-state index in [1.165, 1.54) is 10.4 Å². The summed E-state index contributed by atoms with van der Waals surface area (Å²) in [6.07, 6.45) is 0. The van der Waals surface area contributed by atoms with Gasteiger partial charge in [-0.3, -0.25) is 0 Å². The quantitative estimate of drug-likeness (QED) is 0.854. The highest BCUT2D eigenvalue weighted by Crippen LogP contribution is 2.35. The summed E-state index contributed by atoms with van der Waals surface area (Å²) in [5.41, 5.74) is 7.90. The minimum Gasteiger partial charge on any atom is -0.330 e. The topological polar surface area (TPSA) is 63.4 Å². The summed E-state index contributed by atoms with van der Waals surface area (Å²) in [5, 5.41) is 0.463. The zero-order valence-electron chi connectivity index (χ0n) is 13.9.